The Hall–Kier alpha value is -6.07. The highest BCUT2D eigenvalue weighted by Gasteiger charge is 2.18. The van der Waals surface area contributed by atoms with Crippen LogP contribution in [0.15, 0.2) is 142 Å². The number of para-hydroxylation sites is 2. The van der Waals surface area contributed by atoms with Gasteiger partial charge in [-0.05, 0) is 54.4 Å². The number of rotatable bonds is 4. The Kier molecular flexibility index (Phi) is 5.65. The maximum absolute atomic E-state index is 6.36. The minimum atomic E-state index is 0.552. The standard InChI is InChI=1S/C40H25N3O2/c1-24-14-16-25(17-15-24)27-19-21-35-33(22-27)30-20-18-28(23-36(30)44-35)39-41-38(26-8-3-2-4-9-26)42-40(43-39)32-12-7-11-31-29-10-5-6-13-34(29)45-37(31)32/h2-23H,1H3. The van der Waals surface area contributed by atoms with E-state index in [1.807, 2.05) is 72.8 Å². The van der Waals surface area contributed by atoms with Crippen molar-refractivity contribution in [2.24, 2.45) is 0 Å². The number of nitrogens with zero attached hydrogens (tertiary/aromatic N) is 3. The molecule has 0 amide bonds. The summed E-state index contributed by atoms with van der Waals surface area (Å²) in [4.78, 5) is 14.9. The molecule has 0 aliphatic heterocycles. The SMILES string of the molecule is Cc1ccc(-c2ccc3oc4cc(-c5nc(-c6ccccc6)nc(-c6cccc7c6oc6ccccc67)n5)ccc4c3c2)cc1. The molecule has 0 atom stereocenters. The van der Waals surface area contributed by atoms with Gasteiger partial charge in [-0.2, -0.15) is 0 Å². The fourth-order valence-corrected chi connectivity index (χ4v) is 6.11. The van der Waals surface area contributed by atoms with Crippen LogP contribution in [0.4, 0.5) is 0 Å². The molecule has 3 heterocycles. The lowest BCUT2D eigenvalue weighted by atomic mass is 10.0. The Bertz CT molecular complexity index is 2540. The van der Waals surface area contributed by atoms with Gasteiger partial charge < -0.3 is 8.83 Å². The Morgan fingerprint density at radius 1 is 0.400 bits per heavy atom. The minimum absolute atomic E-state index is 0.552. The molecule has 9 aromatic rings. The van der Waals surface area contributed by atoms with E-state index in [1.165, 1.54) is 11.1 Å². The zero-order valence-electron chi connectivity index (χ0n) is 24.4. The third-order valence-corrected chi connectivity index (χ3v) is 8.43. The third kappa shape index (κ3) is 4.28. The molecule has 6 aromatic carbocycles. The predicted molar refractivity (Wildman–Crippen MR) is 181 cm³/mol. The predicted octanol–water partition coefficient (Wildman–Crippen LogP) is 10.6. The highest BCUT2D eigenvalue weighted by atomic mass is 16.3. The first-order valence-electron chi connectivity index (χ1n) is 14.9. The van der Waals surface area contributed by atoms with E-state index in [4.69, 9.17) is 23.8 Å². The van der Waals surface area contributed by atoms with Gasteiger partial charge >= 0.3 is 0 Å². The Morgan fingerprint density at radius 2 is 1.07 bits per heavy atom. The summed E-state index contributed by atoms with van der Waals surface area (Å²) in [6.07, 6.45) is 0. The van der Waals surface area contributed by atoms with Gasteiger partial charge in [0, 0.05) is 32.7 Å². The van der Waals surface area contributed by atoms with Crippen LogP contribution in [0.3, 0.4) is 0 Å². The number of furan rings is 2. The maximum atomic E-state index is 6.36. The van der Waals surface area contributed by atoms with E-state index in [1.54, 1.807) is 0 Å². The molecule has 0 aliphatic rings. The van der Waals surface area contributed by atoms with E-state index >= 15 is 0 Å². The van der Waals surface area contributed by atoms with Crippen LogP contribution in [0.5, 0.6) is 0 Å². The van der Waals surface area contributed by atoms with Crippen molar-refractivity contribution in [1.82, 2.24) is 15.0 Å². The van der Waals surface area contributed by atoms with Crippen LogP contribution in [-0.4, -0.2) is 15.0 Å². The van der Waals surface area contributed by atoms with E-state index in [9.17, 15) is 0 Å². The molecule has 0 bridgehead atoms. The van der Waals surface area contributed by atoms with Gasteiger partial charge in [0.15, 0.2) is 17.5 Å². The number of aryl methyl sites for hydroxylation is 1. The number of benzene rings is 6. The maximum Gasteiger partial charge on any atom is 0.167 e. The number of hydrogen-bond acceptors (Lipinski definition) is 5. The van der Waals surface area contributed by atoms with Crippen molar-refractivity contribution in [3.8, 4) is 45.3 Å². The summed E-state index contributed by atoms with van der Waals surface area (Å²) in [6, 6.07) is 45.3. The topological polar surface area (TPSA) is 65.0 Å². The fourth-order valence-electron chi connectivity index (χ4n) is 6.11. The van der Waals surface area contributed by atoms with E-state index in [-0.39, 0.29) is 0 Å². The highest BCUT2D eigenvalue weighted by molar-refractivity contribution is 6.09. The van der Waals surface area contributed by atoms with E-state index in [0.717, 1.165) is 66.1 Å². The molecular formula is C40H25N3O2. The molecule has 0 saturated carbocycles. The Balaban J connectivity index is 1.21. The first-order valence-corrected chi connectivity index (χ1v) is 14.9. The second-order valence-electron chi connectivity index (χ2n) is 11.3. The van der Waals surface area contributed by atoms with Gasteiger partial charge in [-0.25, -0.2) is 15.0 Å². The van der Waals surface area contributed by atoms with Gasteiger partial charge in [-0.1, -0.05) is 103 Å². The Labute approximate surface area is 258 Å². The smallest absolute Gasteiger partial charge is 0.167 e. The summed E-state index contributed by atoms with van der Waals surface area (Å²) in [5.74, 6) is 1.71. The van der Waals surface area contributed by atoms with Gasteiger partial charge in [0.1, 0.15) is 22.3 Å². The average molecular weight is 580 g/mol. The van der Waals surface area contributed by atoms with Crippen molar-refractivity contribution >= 4 is 43.9 Å². The van der Waals surface area contributed by atoms with Crippen molar-refractivity contribution < 1.29 is 8.83 Å². The van der Waals surface area contributed by atoms with Crippen molar-refractivity contribution in [2.75, 3.05) is 0 Å². The summed E-state index contributed by atoms with van der Waals surface area (Å²) < 4.78 is 12.7. The van der Waals surface area contributed by atoms with Crippen molar-refractivity contribution in [2.45, 2.75) is 6.92 Å². The minimum Gasteiger partial charge on any atom is -0.456 e. The van der Waals surface area contributed by atoms with Crippen LogP contribution in [-0.2, 0) is 0 Å². The molecular weight excluding hydrogens is 554 g/mol. The van der Waals surface area contributed by atoms with Crippen LogP contribution in [0.2, 0.25) is 0 Å². The number of hydrogen-bond donors (Lipinski definition) is 0. The lowest BCUT2D eigenvalue weighted by molar-refractivity contribution is 0.668. The monoisotopic (exact) mass is 579 g/mol. The molecule has 45 heavy (non-hydrogen) atoms. The largest absolute Gasteiger partial charge is 0.456 e. The van der Waals surface area contributed by atoms with E-state index in [0.29, 0.717) is 17.5 Å². The first kappa shape index (κ1) is 25.4. The summed E-state index contributed by atoms with van der Waals surface area (Å²) in [5.41, 5.74) is 9.37. The van der Waals surface area contributed by atoms with Crippen molar-refractivity contribution in [3.63, 3.8) is 0 Å². The second kappa shape index (κ2) is 10.00. The van der Waals surface area contributed by atoms with Crippen LogP contribution in [0, 0.1) is 6.92 Å². The normalized spacial score (nSPS) is 11.7. The molecule has 5 heteroatoms. The number of fused-ring (bicyclic) bond motifs is 6. The van der Waals surface area contributed by atoms with Gasteiger partial charge in [0.2, 0.25) is 0 Å². The van der Waals surface area contributed by atoms with Gasteiger partial charge in [0.25, 0.3) is 0 Å². The van der Waals surface area contributed by atoms with Crippen LogP contribution in [0.1, 0.15) is 5.56 Å². The van der Waals surface area contributed by atoms with Gasteiger partial charge in [0.05, 0.1) is 5.56 Å². The van der Waals surface area contributed by atoms with E-state index < -0.39 is 0 Å². The van der Waals surface area contributed by atoms with Crippen molar-refractivity contribution in [3.05, 3.63) is 139 Å². The molecule has 0 saturated heterocycles. The van der Waals surface area contributed by atoms with Crippen LogP contribution in [0.25, 0.3) is 89.2 Å². The lowest BCUT2D eigenvalue weighted by Gasteiger charge is -2.09. The first-order chi connectivity index (χ1) is 22.2. The Morgan fingerprint density at radius 3 is 1.93 bits per heavy atom. The summed E-state index contributed by atoms with van der Waals surface area (Å²) >= 11 is 0. The quantitative estimate of drug-likeness (QED) is 0.207. The molecule has 5 nitrogen and oxygen atoms in total. The summed E-state index contributed by atoms with van der Waals surface area (Å²) in [5, 5.41) is 4.22. The molecule has 0 unspecified atom stereocenters. The van der Waals surface area contributed by atoms with Crippen molar-refractivity contribution in [1.29, 1.82) is 0 Å². The highest BCUT2D eigenvalue weighted by Crippen LogP contribution is 2.37. The van der Waals surface area contributed by atoms with Crippen LogP contribution < -0.4 is 0 Å². The summed E-state index contributed by atoms with van der Waals surface area (Å²) in [7, 11) is 0. The molecule has 0 aliphatic carbocycles. The van der Waals surface area contributed by atoms with E-state index in [2.05, 4.69) is 67.6 Å². The number of aromatic nitrogens is 3. The summed E-state index contributed by atoms with van der Waals surface area (Å²) in [6.45, 7) is 2.10. The molecule has 0 fully saturated rings. The van der Waals surface area contributed by atoms with Gasteiger partial charge in [-0.15, -0.1) is 0 Å². The van der Waals surface area contributed by atoms with Crippen LogP contribution >= 0.6 is 0 Å². The molecule has 0 spiro atoms. The average Bonchev–Trinajstić information content (AvgIpc) is 3.66. The molecule has 9 rings (SSSR count). The molecule has 0 N–H and O–H groups in total. The van der Waals surface area contributed by atoms with Gasteiger partial charge in [-0.3, -0.25) is 0 Å². The molecule has 3 aromatic heterocycles. The lowest BCUT2D eigenvalue weighted by Crippen LogP contribution is -2.00. The third-order valence-electron chi connectivity index (χ3n) is 8.43. The second-order valence-corrected chi connectivity index (χ2v) is 11.3. The zero-order valence-corrected chi connectivity index (χ0v) is 24.4. The molecule has 212 valence electrons. The fraction of sp³-hybridized carbons (Fsp3) is 0.0250. The zero-order chi connectivity index (χ0) is 29.9. The molecule has 0 radical (unpaired) electrons.